The monoisotopic (exact) mass is 574 g/mol. The van der Waals surface area contributed by atoms with Crippen molar-refractivity contribution in [1.29, 1.82) is 0 Å². The Hall–Kier alpha value is -6.06. The maximum absolute atomic E-state index is 6.56. The predicted octanol–water partition coefficient (Wildman–Crippen LogP) is 11.4. The summed E-state index contributed by atoms with van der Waals surface area (Å²) in [5, 5.41) is 5.43. The maximum atomic E-state index is 6.56. The Balaban J connectivity index is 1.26. The summed E-state index contributed by atoms with van der Waals surface area (Å²) in [7, 11) is 0. The average Bonchev–Trinajstić information content (AvgIpc) is 3.50. The summed E-state index contributed by atoms with van der Waals surface area (Å²) in [6, 6.07) is 55.0. The van der Waals surface area contributed by atoms with Crippen LogP contribution in [0.5, 0.6) is 0 Å². The van der Waals surface area contributed by atoms with Crippen LogP contribution in [0.2, 0.25) is 0 Å². The lowest BCUT2D eigenvalue weighted by Gasteiger charge is -2.10. The molecule has 0 spiro atoms. The van der Waals surface area contributed by atoms with Crippen LogP contribution in [0.3, 0.4) is 0 Å². The quantitative estimate of drug-likeness (QED) is 0.210. The number of para-hydroxylation sites is 1. The molecule has 2 aromatic heterocycles. The van der Waals surface area contributed by atoms with Crippen molar-refractivity contribution in [3.63, 3.8) is 0 Å². The van der Waals surface area contributed by atoms with Gasteiger partial charge < -0.3 is 4.42 Å². The third-order valence-corrected chi connectivity index (χ3v) is 8.67. The van der Waals surface area contributed by atoms with E-state index in [1.54, 1.807) is 0 Å². The first-order valence-electron chi connectivity index (χ1n) is 15.2. The summed E-state index contributed by atoms with van der Waals surface area (Å²) in [5.74, 6) is 0.695. The van der Waals surface area contributed by atoms with Gasteiger partial charge in [-0.15, -0.1) is 0 Å². The van der Waals surface area contributed by atoms with E-state index in [0.717, 1.165) is 55.0 Å². The molecule has 0 bridgehead atoms. The molecule has 3 nitrogen and oxygen atoms in total. The number of furan rings is 1. The van der Waals surface area contributed by atoms with Crippen LogP contribution in [0.4, 0.5) is 0 Å². The molecular weight excluding hydrogens is 548 g/mol. The van der Waals surface area contributed by atoms with Gasteiger partial charge in [-0.3, -0.25) is 0 Å². The molecule has 0 aliphatic carbocycles. The van der Waals surface area contributed by atoms with Crippen molar-refractivity contribution in [3.05, 3.63) is 158 Å². The van der Waals surface area contributed by atoms with Gasteiger partial charge in [0.05, 0.1) is 11.2 Å². The van der Waals surface area contributed by atoms with Gasteiger partial charge in [-0.25, -0.2) is 9.97 Å². The Labute approximate surface area is 260 Å². The first-order valence-corrected chi connectivity index (χ1v) is 15.2. The number of fused-ring (bicyclic) bond motifs is 6. The van der Waals surface area contributed by atoms with E-state index in [2.05, 4.69) is 127 Å². The lowest BCUT2D eigenvalue weighted by atomic mass is 9.93. The van der Waals surface area contributed by atoms with E-state index in [1.807, 2.05) is 30.3 Å². The second kappa shape index (κ2) is 10.3. The molecule has 45 heavy (non-hydrogen) atoms. The van der Waals surface area contributed by atoms with E-state index in [1.165, 1.54) is 27.6 Å². The van der Waals surface area contributed by atoms with Crippen LogP contribution < -0.4 is 0 Å². The summed E-state index contributed by atoms with van der Waals surface area (Å²) < 4.78 is 6.56. The average molecular weight is 575 g/mol. The van der Waals surface area contributed by atoms with E-state index in [-0.39, 0.29) is 0 Å². The van der Waals surface area contributed by atoms with E-state index >= 15 is 0 Å². The van der Waals surface area contributed by atoms with E-state index in [9.17, 15) is 0 Å². The molecule has 0 saturated carbocycles. The van der Waals surface area contributed by atoms with Crippen molar-refractivity contribution < 1.29 is 4.42 Å². The second-order valence-corrected chi connectivity index (χ2v) is 11.4. The number of aromatic nitrogens is 2. The number of nitrogens with zero attached hydrogens (tertiary/aromatic N) is 2. The van der Waals surface area contributed by atoms with Gasteiger partial charge in [0.2, 0.25) is 0 Å². The Kier molecular flexibility index (Phi) is 5.82. The zero-order valence-electron chi connectivity index (χ0n) is 24.3. The zero-order valence-corrected chi connectivity index (χ0v) is 24.3. The highest BCUT2D eigenvalue weighted by molar-refractivity contribution is 6.19. The molecule has 0 aliphatic rings. The molecule has 7 aromatic carbocycles. The van der Waals surface area contributed by atoms with Crippen molar-refractivity contribution in [1.82, 2.24) is 9.97 Å². The van der Waals surface area contributed by atoms with Crippen molar-refractivity contribution in [2.75, 3.05) is 0 Å². The third kappa shape index (κ3) is 4.29. The van der Waals surface area contributed by atoms with Gasteiger partial charge in [0.25, 0.3) is 0 Å². The van der Waals surface area contributed by atoms with Gasteiger partial charge in [-0.2, -0.15) is 0 Å². The summed E-state index contributed by atoms with van der Waals surface area (Å²) in [4.78, 5) is 10.1. The lowest BCUT2D eigenvalue weighted by molar-refractivity contribution is 0.672. The fraction of sp³-hybridized carbons (Fsp3) is 0. The predicted molar refractivity (Wildman–Crippen MR) is 186 cm³/mol. The normalized spacial score (nSPS) is 11.6. The van der Waals surface area contributed by atoms with Gasteiger partial charge >= 0.3 is 0 Å². The smallest absolute Gasteiger partial charge is 0.160 e. The summed E-state index contributed by atoms with van der Waals surface area (Å²) in [6.45, 7) is 0. The number of benzene rings is 7. The van der Waals surface area contributed by atoms with Crippen molar-refractivity contribution in [3.8, 4) is 44.9 Å². The Morgan fingerprint density at radius 3 is 1.87 bits per heavy atom. The number of hydrogen-bond donors (Lipinski definition) is 0. The van der Waals surface area contributed by atoms with Crippen LogP contribution in [0, 0.1) is 0 Å². The molecule has 0 aliphatic heterocycles. The van der Waals surface area contributed by atoms with Gasteiger partial charge in [0.1, 0.15) is 11.2 Å². The minimum atomic E-state index is 0.695. The second-order valence-electron chi connectivity index (χ2n) is 11.4. The van der Waals surface area contributed by atoms with Crippen molar-refractivity contribution in [2.24, 2.45) is 0 Å². The molecule has 9 rings (SSSR count). The van der Waals surface area contributed by atoms with E-state index in [4.69, 9.17) is 14.4 Å². The van der Waals surface area contributed by atoms with Crippen LogP contribution in [-0.4, -0.2) is 9.97 Å². The molecule has 0 atom stereocenters. The van der Waals surface area contributed by atoms with Crippen LogP contribution >= 0.6 is 0 Å². The molecule has 0 amide bonds. The number of rotatable bonds is 4. The standard InChI is InChI=1S/C42H26N2O/c1-3-12-27(13-4-1)29-16-11-17-30(24-29)35-26-37-36-25-31(22-23-39(36)45-41(37)33-19-8-7-18-32(33)35)42-43-38-21-10-9-20-34(38)40(44-42)28-14-5-2-6-15-28/h1-26H. The molecule has 2 heterocycles. The van der Waals surface area contributed by atoms with Gasteiger partial charge in [0, 0.05) is 32.7 Å². The molecule has 0 radical (unpaired) electrons. The topological polar surface area (TPSA) is 38.9 Å². The highest BCUT2D eigenvalue weighted by atomic mass is 16.3. The minimum absolute atomic E-state index is 0.695. The highest BCUT2D eigenvalue weighted by Gasteiger charge is 2.17. The van der Waals surface area contributed by atoms with E-state index < -0.39 is 0 Å². The minimum Gasteiger partial charge on any atom is -0.455 e. The summed E-state index contributed by atoms with van der Waals surface area (Å²) >= 11 is 0. The lowest BCUT2D eigenvalue weighted by Crippen LogP contribution is -1.95. The third-order valence-electron chi connectivity index (χ3n) is 8.67. The molecule has 210 valence electrons. The van der Waals surface area contributed by atoms with Crippen molar-refractivity contribution >= 4 is 43.6 Å². The molecule has 0 N–H and O–H groups in total. The Morgan fingerprint density at radius 2 is 1.04 bits per heavy atom. The van der Waals surface area contributed by atoms with Gasteiger partial charge in [-0.1, -0.05) is 121 Å². The van der Waals surface area contributed by atoms with Gasteiger partial charge in [-0.05, 0) is 64.0 Å². The maximum Gasteiger partial charge on any atom is 0.160 e. The highest BCUT2D eigenvalue weighted by Crippen LogP contribution is 2.41. The molecule has 0 fully saturated rings. The van der Waals surface area contributed by atoms with Gasteiger partial charge in [0.15, 0.2) is 5.82 Å². The molecule has 9 aromatic rings. The summed E-state index contributed by atoms with van der Waals surface area (Å²) in [6.07, 6.45) is 0. The summed E-state index contributed by atoms with van der Waals surface area (Å²) in [5.41, 5.74) is 10.4. The van der Waals surface area contributed by atoms with Crippen LogP contribution in [-0.2, 0) is 0 Å². The fourth-order valence-electron chi connectivity index (χ4n) is 6.49. The molecule has 0 unspecified atom stereocenters. The molecular formula is C42H26N2O. The largest absolute Gasteiger partial charge is 0.455 e. The Morgan fingerprint density at radius 1 is 0.378 bits per heavy atom. The van der Waals surface area contributed by atoms with Crippen molar-refractivity contribution in [2.45, 2.75) is 0 Å². The van der Waals surface area contributed by atoms with Crippen LogP contribution in [0.15, 0.2) is 162 Å². The molecule has 0 saturated heterocycles. The first kappa shape index (κ1) is 25.4. The van der Waals surface area contributed by atoms with Crippen LogP contribution in [0.25, 0.3) is 88.5 Å². The van der Waals surface area contributed by atoms with E-state index in [0.29, 0.717) is 5.82 Å². The SMILES string of the molecule is c1ccc(-c2cccc(-c3cc4c5cc(-c6nc(-c7ccccc7)c7ccccc7n6)ccc5oc4c4ccccc34)c2)cc1. The molecule has 3 heteroatoms. The first-order chi connectivity index (χ1) is 22.3. The number of hydrogen-bond acceptors (Lipinski definition) is 3. The van der Waals surface area contributed by atoms with Crippen LogP contribution in [0.1, 0.15) is 0 Å². The fourth-order valence-corrected chi connectivity index (χ4v) is 6.49. The Bertz CT molecular complexity index is 2530. The zero-order chi connectivity index (χ0) is 29.7.